The Bertz CT molecular complexity index is 1750. The van der Waals surface area contributed by atoms with Crippen molar-refractivity contribution in [3.63, 3.8) is 0 Å². The largest absolute Gasteiger partial charge is 0.492 e. The van der Waals surface area contributed by atoms with Gasteiger partial charge in [-0.2, -0.15) is 4.98 Å². The third-order valence-corrected chi connectivity index (χ3v) is 7.22. The van der Waals surface area contributed by atoms with Gasteiger partial charge in [0.2, 0.25) is 21.9 Å². The SMILES string of the molecule is CN(C)CCCNc1nccc(Oc2cccc3cc(C(=O)O)n(C)c23)n1.COc1c(N)cc(C(C)(C)C)cc1NS(C)(=O)=O. The van der Waals surface area contributed by atoms with Gasteiger partial charge in [-0.15, -0.1) is 0 Å². The number of nitrogens with one attached hydrogen (secondary N) is 2. The quantitative estimate of drug-likeness (QED) is 0.131. The maximum atomic E-state index is 11.4. The molecule has 0 aliphatic rings. The van der Waals surface area contributed by atoms with E-state index in [1.54, 1.807) is 48.1 Å². The van der Waals surface area contributed by atoms with Crippen molar-refractivity contribution in [2.75, 3.05) is 56.3 Å². The van der Waals surface area contributed by atoms with E-state index in [1.807, 2.05) is 47.0 Å². The van der Waals surface area contributed by atoms with E-state index < -0.39 is 16.0 Å². The second-order valence-electron chi connectivity index (χ2n) is 11.8. The number of benzene rings is 2. The minimum Gasteiger partial charge on any atom is -0.492 e. The lowest BCUT2D eigenvalue weighted by molar-refractivity contribution is 0.0687. The Hall–Kier alpha value is -4.56. The maximum absolute atomic E-state index is 11.4. The zero-order valence-electron chi connectivity index (χ0n) is 27.0. The molecule has 2 aromatic carbocycles. The molecule has 0 unspecified atom stereocenters. The van der Waals surface area contributed by atoms with Gasteiger partial charge in [0.25, 0.3) is 0 Å². The lowest BCUT2D eigenvalue weighted by Gasteiger charge is -2.22. The summed E-state index contributed by atoms with van der Waals surface area (Å²) in [6.07, 6.45) is 3.69. The van der Waals surface area contributed by atoms with Crippen LogP contribution in [0.1, 0.15) is 43.2 Å². The highest BCUT2D eigenvalue weighted by Crippen LogP contribution is 2.37. The number of anilines is 3. The van der Waals surface area contributed by atoms with Crippen LogP contribution in [0.15, 0.2) is 48.7 Å². The number of para-hydroxylation sites is 1. The number of nitrogen functional groups attached to an aromatic ring is 1. The molecule has 0 aliphatic heterocycles. The van der Waals surface area contributed by atoms with Crippen molar-refractivity contribution < 1.29 is 27.8 Å². The van der Waals surface area contributed by atoms with E-state index in [2.05, 4.69) is 24.9 Å². The molecule has 0 amide bonds. The first-order chi connectivity index (χ1) is 21.0. The fourth-order valence-corrected chi connectivity index (χ4v) is 5.00. The fourth-order valence-electron chi connectivity index (χ4n) is 4.45. The van der Waals surface area contributed by atoms with E-state index in [0.717, 1.165) is 36.7 Å². The highest BCUT2D eigenvalue weighted by atomic mass is 32.2. The molecule has 13 nitrogen and oxygen atoms in total. The number of carbonyl (C=O) groups is 1. The van der Waals surface area contributed by atoms with Gasteiger partial charge in [0, 0.05) is 31.2 Å². The molecule has 0 radical (unpaired) electrons. The van der Waals surface area contributed by atoms with Crippen molar-refractivity contribution in [3.8, 4) is 17.4 Å². The summed E-state index contributed by atoms with van der Waals surface area (Å²) < 4.78 is 37.8. The molecule has 244 valence electrons. The minimum atomic E-state index is -3.37. The van der Waals surface area contributed by atoms with Crippen LogP contribution in [0, 0.1) is 0 Å². The molecule has 4 aromatic rings. The molecule has 0 spiro atoms. The standard InChI is InChI=1S/C19H23N5O3.C12H20N2O3S/c1-23(2)11-5-9-20-19-21-10-8-16(22-19)27-15-7-4-6-13-12-14(18(25)26)24(3)17(13)15;1-12(2,3)8-6-9(13)11(17-4)10(7-8)14-18(5,15)16/h4,6-8,10,12H,5,9,11H2,1-3H3,(H,25,26)(H,20,21,22);6-7,14H,13H2,1-5H3. The smallest absolute Gasteiger partial charge is 0.352 e. The Morgan fingerprint density at radius 3 is 2.47 bits per heavy atom. The summed E-state index contributed by atoms with van der Waals surface area (Å²) >= 11 is 0. The number of fused-ring (bicyclic) bond motifs is 1. The highest BCUT2D eigenvalue weighted by Gasteiger charge is 2.20. The van der Waals surface area contributed by atoms with Crippen LogP contribution < -0.4 is 25.2 Å². The first-order valence-corrected chi connectivity index (χ1v) is 16.1. The van der Waals surface area contributed by atoms with Gasteiger partial charge in [-0.3, -0.25) is 4.72 Å². The number of carboxylic acid groups (broad SMARTS) is 1. The van der Waals surface area contributed by atoms with Crippen LogP contribution in [0.2, 0.25) is 0 Å². The maximum Gasteiger partial charge on any atom is 0.352 e. The third-order valence-electron chi connectivity index (χ3n) is 6.63. The van der Waals surface area contributed by atoms with Crippen LogP contribution in [0.4, 0.5) is 17.3 Å². The third kappa shape index (κ3) is 9.71. The Morgan fingerprint density at radius 1 is 1.16 bits per heavy atom. The summed E-state index contributed by atoms with van der Waals surface area (Å²) in [6, 6.07) is 12.3. The van der Waals surface area contributed by atoms with Gasteiger partial charge in [-0.25, -0.2) is 18.2 Å². The first-order valence-electron chi connectivity index (χ1n) is 14.2. The molecular formula is C31H43N7O6S. The number of carboxylic acids is 1. The number of nitrogens with zero attached hydrogens (tertiary/aromatic N) is 4. The topological polar surface area (TPSA) is 174 Å². The number of aryl methyl sites for hydroxylation is 1. The van der Waals surface area contributed by atoms with Gasteiger partial charge in [0.1, 0.15) is 5.69 Å². The van der Waals surface area contributed by atoms with Crippen molar-refractivity contribution in [3.05, 3.63) is 59.9 Å². The number of aromatic nitrogens is 3. The average molecular weight is 642 g/mol. The number of ether oxygens (including phenoxy) is 2. The van der Waals surface area contributed by atoms with Crippen molar-refractivity contribution >= 4 is 44.2 Å². The number of methoxy groups -OCH3 is 1. The molecule has 0 fully saturated rings. The Labute approximate surface area is 264 Å². The number of aromatic carboxylic acids is 1. The molecule has 45 heavy (non-hydrogen) atoms. The van der Waals surface area contributed by atoms with Gasteiger partial charge in [-0.05, 0) is 62.3 Å². The van der Waals surface area contributed by atoms with Gasteiger partial charge in [-0.1, -0.05) is 32.9 Å². The lowest BCUT2D eigenvalue weighted by atomic mass is 9.86. The van der Waals surface area contributed by atoms with Gasteiger partial charge in [0.05, 0.1) is 30.3 Å². The zero-order chi connectivity index (χ0) is 33.5. The van der Waals surface area contributed by atoms with Crippen molar-refractivity contribution in [2.24, 2.45) is 7.05 Å². The second kappa shape index (κ2) is 14.5. The van der Waals surface area contributed by atoms with Crippen LogP contribution in [0.25, 0.3) is 10.9 Å². The molecule has 0 atom stereocenters. The Balaban J connectivity index is 0.000000268. The number of sulfonamides is 1. The van der Waals surface area contributed by atoms with Crippen LogP contribution >= 0.6 is 0 Å². The van der Waals surface area contributed by atoms with E-state index in [9.17, 15) is 18.3 Å². The molecular weight excluding hydrogens is 598 g/mol. The molecule has 5 N–H and O–H groups in total. The molecule has 2 heterocycles. The Morgan fingerprint density at radius 2 is 1.87 bits per heavy atom. The first kappa shape index (κ1) is 34.9. The van der Waals surface area contributed by atoms with Crippen LogP contribution in [-0.4, -0.2) is 79.5 Å². The van der Waals surface area contributed by atoms with E-state index in [-0.39, 0.29) is 11.1 Å². The molecule has 0 saturated heterocycles. The monoisotopic (exact) mass is 641 g/mol. The highest BCUT2D eigenvalue weighted by molar-refractivity contribution is 7.92. The molecule has 0 saturated carbocycles. The van der Waals surface area contributed by atoms with Crippen LogP contribution in [-0.2, 0) is 22.5 Å². The minimum absolute atomic E-state index is 0.131. The summed E-state index contributed by atoms with van der Waals surface area (Å²) in [4.78, 5) is 22.1. The van der Waals surface area contributed by atoms with Crippen molar-refractivity contribution in [1.29, 1.82) is 0 Å². The lowest BCUT2D eigenvalue weighted by Crippen LogP contribution is -2.17. The van der Waals surface area contributed by atoms with Crippen LogP contribution in [0.5, 0.6) is 17.4 Å². The van der Waals surface area contributed by atoms with Gasteiger partial charge >= 0.3 is 5.97 Å². The number of hydrogen-bond donors (Lipinski definition) is 4. The summed E-state index contributed by atoms with van der Waals surface area (Å²) in [5.74, 6) is 0.793. The summed E-state index contributed by atoms with van der Waals surface area (Å²) in [5, 5.41) is 13.3. The van der Waals surface area contributed by atoms with E-state index >= 15 is 0 Å². The molecule has 0 aliphatic carbocycles. The summed E-state index contributed by atoms with van der Waals surface area (Å²) in [7, 11) is 3.85. The predicted molar refractivity (Wildman–Crippen MR) is 178 cm³/mol. The van der Waals surface area contributed by atoms with Crippen molar-refractivity contribution in [1.82, 2.24) is 19.4 Å². The van der Waals surface area contributed by atoms with E-state index in [4.69, 9.17) is 15.2 Å². The normalized spacial score (nSPS) is 11.6. The average Bonchev–Trinajstić information content (AvgIpc) is 3.28. The second-order valence-corrected chi connectivity index (χ2v) is 13.5. The predicted octanol–water partition coefficient (Wildman–Crippen LogP) is 4.77. The number of hydrogen-bond acceptors (Lipinski definition) is 10. The summed E-state index contributed by atoms with van der Waals surface area (Å²) in [5.41, 5.74) is 8.38. The number of nitrogens with two attached hydrogens (primary N) is 1. The number of rotatable bonds is 11. The van der Waals surface area contributed by atoms with Crippen LogP contribution in [0.3, 0.4) is 0 Å². The molecule has 2 aromatic heterocycles. The van der Waals surface area contributed by atoms with Gasteiger partial charge < -0.3 is 35.1 Å². The molecule has 14 heteroatoms. The van der Waals surface area contributed by atoms with E-state index in [0.29, 0.717) is 40.2 Å². The van der Waals surface area contributed by atoms with E-state index in [1.165, 1.54) is 7.11 Å². The Kier molecular flexibility index (Phi) is 11.2. The molecule has 0 bridgehead atoms. The van der Waals surface area contributed by atoms with Crippen molar-refractivity contribution in [2.45, 2.75) is 32.6 Å². The molecule has 4 rings (SSSR count). The summed E-state index contributed by atoms with van der Waals surface area (Å²) in [6.45, 7) is 7.82. The van der Waals surface area contributed by atoms with Gasteiger partial charge in [0.15, 0.2) is 11.5 Å². The zero-order valence-corrected chi connectivity index (χ0v) is 27.8. The fraction of sp³-hybridized carbons (Fsp3) is 0.387.